The number of aromatic nitrogens is 2. The van der Waals surface area contributed by atoms with E-state index in [2.05, 4.69) is 58.4 Å². The summed E-state index contributed by atoms with van der Waals surface area (Å²) in [7, 11) is 2.76. The third-order valence-corrected chi connectivity index (χ3v) is 9.12. The number of halogens is 4. The zero-order valence-electron chi connectivity index (χ0n) is 28.2. The fraction of sp³-hybridized carbons (Fsp3) is 0.514. The molecule has 2 saturated heterocycles. The Morgan fingerprint density at radius 3 is 2.47 bits per heavy atom. The van der Waals surface area contributed by atoms with Gasteiger partial charge in [0.15, 0.2) is 0 Å². The molecule has 2 unspecified atom stereocenters. The molecule has 0 spiro atoms. The van der Waals surface area contributed by atoms with Gasteiger partial charge in [0.2, 0.25) is 0 Å². The van der Waals surface area contributed by atoms with Crippen molar-refractivity contribution in [3.8, 4) is 17.6 Å². The number of anilines is 1. The molecular formula is C35H42F4N6O4. The Kier molecular flexibility index (Phi) is 11.0. The normalized spacial score (nSPS) is 23.0. The van der Waals surface area contributed by atoms with Gasteiger partial charge in [0.05, 0.1) is 54.5 Å². The summed E-state index contributed by atoms with van der Waals surface area (Å²) in [5.74, 6) is 4.34. The predicted octanol–water partition coefficient (Wildman–Crippen LogP) is 4.97. The Bertz CT molecular complexity index is 1740. The molecule has 3 heterocycles. The standard InChI is InChI=1S/C35H42F4N6O4/c1-20-17-44(24-11-21(2)49-22(3)12-24)10-8-28(20)43-34(47)26-13-23(14-30-32(26)42-19-45(30)18-35(37,38)39)7-6-9-41-29-16-27(36)25(33(46)40-4)15-31(29)48-5/h13-16,19-22,24,28,41H,8-12,17-18H2,1-5H3,(H,40,46)(H,43,47)/t20-,21?,22?,24?,28-/m0/s1. The van der Waals surface area contributed by atoms with E-state index in [1.54, 1.807) is 0 Å². The summed E-state index contributed by atoms with van der Waals surface area (Å²) in [5, 5.41) is 8.43. The molecule has 264 valence electrons. The van der Waals surface area contributed by atoms with E-state index < -0.39 is 30.4 Å². The van der Waals surface area contributed by atoms with Gasteiger partial charge in [0.1, 0.15) is 23.6 Å². The second-order valence-corrected chi connectivity index (χ2v) is 12.9. The lowest BCUT2D eigenvalue weighted by Crippen LogP contribution is -2.54. The number of nitrogens with one attached hydrogen (secondary N) is 3. The second-order valence-electron chi connectivity index (χ2n) is 12.9. The number of hydrogen-bond acceptors (Lipinski definition) is 7. The number of imidazole rings is 1. The van der Waals surface area contributed by atoms with E-state index in [1.807, 2.05) is 0 Å². The lowest BCUT2D eigenvalue weighted by molar-refractivity contribution is -0.140. The molecule has 2 aromatic carbocycles. The molecule has 14 heteroatoms. The molecule has 2 fully saturated rings. The van der Waals surface area contributed by atoms with Gasteiger partial charge < -0.3 is 30.0 Å². The lowest BCUT2D eigenvalue weighted by atomic mass is 9.89. The van der Waals surface area contributed by atoms with Crippen LogP contribution >= 0.6 is 0 Å². The van der Waals surface area contributed by atoms with Crippen LogP contribution in [-0.4, -0.2) is 90.5 Å². The number of carbonyl (C=O) groups excluding carboxylic acids is 2. The van der Waals surface area contributed by atoms with Crippen molar-refractivity contribution in [2.24, 2.45) is 5.92 Å². The second kappa shape index (κ2) is 15.0. The topological polar surface area (TPSA) is 110 Å². The van der Waals surface area contributed by atoms with E-state index in [1.165, 1.54) is 32.4 Å². The summed E-state index contributed by atoms with van der Waals surface area (Å²) in [6, 6.07) is 5.66. The number of methoxy groups -OCH3 is 1. The van der Waals surface area contributed by atoms with Gasteiger partial charge >= 0.3 is 6.18 Å². The zero-order valence-corrected chi connectivity index (χ0v) is 28.2. The molecule has 49 heavy (non-hydrogen) atoms. The van der Waals surface area contributed by atoms with E-state index in [4.69, 9.17) is 9.47 Å². The van der Waals surface area contributed by atoms with Crippen LogP contribution in [0.5, 0.6) is 5.75 Å². The number of alkyl halides is 3. The van der Waals surface area contributed by atoms with Crippen molar-refractivity contribution < 1.29 is 36.6 Å². The molecule has 3 aromatic rings. The smallest absolute Gasteiger partial charge is 0.406 e. The molecule has 0 saturated carbocycles. The largest absolute Gasteiger partial charge is 0.495 e. The summed E-state index contributed by atoms with van der Waals surface area (Å²) in [6.45, 7) is 6.63. The minimum absolute atomic E-state index is 0.00271. The van der Waals surface area contributed by atoms with E-state index in [0.29, 0.717) is 11.6 Å². The summed E-state index contributed by atoms with van der Waals surface area (Å²) < 4.78 is 67.0. The van der Waals surface area contributed by atoms with Gasteiger partial charge in [-0.1, -0.05) is 18.8 Å². The number of likely N-dealkylation sites (tertiary alicyclic amines) is 1. The van der Waals surface area contributed by atoms with Gasteiger partial charge in [-0.3, -0.25) is 14.5 Å². The van der Waals surface area contributed by atoms with Crippen LogP contribution in [0.1, 0.15) is 66.3 Å². The number of fused-ring (bicyclic) bond motifs is 1. The molecule has 2 aliphatic rings. The number of rotatable bonds is 8. The number of amides is 2. The van der Waals surface area contributed by atoms with Crippen molar-refractivity contribution in [1.29, 1.82) is 0 Å². The maximum Gasteiger partial charge on any atom is 0.406 e. The third kappa shape index (κ3) is 8.63. The van der Waals surface area contributed by atoms with Gasteiger partial charge in [-0.25, -0.2) is 9.37 Å². The molecular weight excluding hydrogens is 644 g/mol. The van der Waals surface area contributed by atoms with Gasteiger partial charge in [-0.05, 0) is 57.2 Å². The summed E-state index contributed by atoms with van der Waals surface area (Å²) in [4.78, 5) is 32.4. The molecule has 2 aliphatic heterocycles. The van der Waals surface area contributed by atoms with Crippen molar-refractivity contribution in [1.82, 2.24) is 25.1 Å². The number of piperidine rings is 1. The van der Waals surface area contributed by atoms with Crippen LogP contribution in [-0.2, 0) is 11.3 Å². The highest BCUT2D eigenvalue weighted by molar-refractivity contribution is 6.05. The van der Waals surface area contributed by atoms with Crippen LogP contribution in [0.3, 0.4) is 0 Å². The van der Waals surface area contributed by atoms with Crippen LogP contribution in [0.4, 0.5) is 23.2 Å². The summed E-state index contributed by atoms with van der Waals surface area (Å²) in [5.41, 5.74) is 0.780. The van der Waals surface area contributed by atoms with Crippen LogP contribution < -0.4 is 20.7 Å². The Morgan fingerprint density at radius 1 is 1.08 bits per heavy atom. The molecule has 4 atom stereocenters. The van der Waals surface area contributed by atoms with Crippen molar-refractivity contribution in [3.05, 3.63) is 53.1 Å². The average molecular weight is 687 g/mol. The Morgan fingerprint density at radius 2 is 1.82 bits per heavy atom. The van der Waals surface area contributed by atoms with E-state index in [0.717, 1.165) is 49.3 Å². The number of ether oxygens (including phenoxy) is 2. The fourth-order valence-corrected chi connectivity index (χ4v) is 6.82. The summed E-state index contributed by atoms with van der Waals surface area (Å²) in [6.07, 6.45) is -0.382. The van der Waals surface area contributed by atoms with Crippen molar-refractivity contribution in [2.45, 2.75) is 77.0 Å². The highest BCUT2D eigenvalue weighted by atomic mass is 19.4. The third-order valence-electron chi connectivity index (χ3n) is 9.12. The highest BCUT2D eigenvalue weighted by Crippen LogP contribution is 2.30. The van der Waals surface area contributed by atoms with E-state index >= 15 is 0 Å². The first kappa shape index (κ1) is 35.9. The first-order valence-electron chi connectivity index (χ1n) is 16.3. The fourth-order valence-electron chi connectivity index (χ4n) is 6.82. The van der Waals surface area contributed by atoms with Crippen molar-refractivity contribution >= 4 is 28.5 Å². The SMILES string of the molecule is CNC(=O)c1cc(OC)c(NCC#Cc2cc(C(=O)N[C@H]3CCN(C4CC(C)OC(C)C4)C[C@@H]3C)c3ncn(CC(F)(F)F)c3c2)cc1F. The van der Waals surface area contributed by atoms with Crippen LogP contribution in [0.25, 0.3) is 11.0 Å². The first-order valence-corrected chi connectivity index (χ1v) is 16.3. The zero-order chi connectivity index (χ0) is 35.5. The van der Waals surface area contributed by atoms with Gasteiger partial charge in [-0.2, -0.15) is 13.2 Å². The van der Waals surface area contributed by atoms with Crippen LogP contribution in [0, 0.1) is 23.6 Å². The highest BCUT2D eigenvalue weighted by Gasteiger charge is 2.35. The average Bonchev–Trinajstić information content (AvgIpc) is 3.43. The molecule has 2 amide bonds. The van der Waals surface area contributed by atoms with Crippen LogP contribution in [0.2, 0.25) is 0 Å². The van der Waals surface area contributed by atoms with Crippen molar-refractivity contribution in [2.75, 3.05) is 39.1 Å². The number of hydrogen-bond donors (Lipinski definition) is 3. The maximum absolute atomic E-state index is 14.6. The molecule has 0 aliphatic carbocycles. The lowest BCUT2D eigenvalue weighted by Gasteiger charge is -2.45. The van der Waals surface area contributed by atoms with E-state index in [9.17, 15) is 27.2 Å². The molecule has 3 N–H and O–H groups in total. The number of nitrogens with zero attached hydrogens (tertiary/aromatic N) is 3. The Hall–Kier alpha value is -4.35. The van der Waals surface area contributed by atoms with Gasteiger partial charge in [-0.15, -0.1) is 0 Å². The molecule has 0 bridgehead atoms. The molecule has 10 nitrogen and oxygen atoms in total. The van der Waals surface area contributed by atoms with E-state index in [-0.39, 0.29) is 64.3 Å². The Labute approximate surface area is 282 Å². The molecule has 0 radical (unpaired) electrons. The number of carbonyl (C=O) groups is 2. The molecule has 5 rings (SSSR count). The minimum Gasteiger partial charge on any atom is -0.495 e. The maximum atomic E-state index is 14.6. The molecule has 1 aromatic heterocycles. The van der Waals surface area contributed by atoms with Crippen molar-refractivity contribution in [3.63, 3.8) is 0 Å². The summed E-state index contributed by atoms with van der Waals surface area (Å²) >= 11 is 0. The van der Waals surface area contributed by atoms with Crippen LogP contribution in [0.15, 0.2) is 30.6 Å². The van der Waals surface area contributed by atoms with Gasteiger partial charge in [0.25, 0.3) is 11.8 Å². The number of benzene rings is 2. The monoisotopic (exact) mass is 686 g/mol. The minimum atomic E-state index is -4.51. The Balaban J connectivity index is 1.35. The first-order chi connectivity index (χ1) is 23.3. The predicted molar refractivity (Wildman–Crippen MR) is 177 cm³/mol. The van der Waals surface area contributed by atoms with Gasteiger partial charge in [0, 0.05) is 43.9 Å². The quantitative estimate of drug-likeness (QED) is 0.227.